The fourth-order valence-corrected chi connectivity index (χ4v) is 1.25. The maximum atomic E-state index is 10.7. The average molecular weight is 200 g/mol. The molecule has 0 fully saturated rings. The third-order valence-electron chi connectivity index (χ3n) is 1.97. The number of rotatable bonds is 3. The Morgan fingerprint density at radius 1 is 1.47 bits per heavy atom. The molecule has 0 aliphatic rings. The lowest BCUT2D eigenvalue weighted by Gasteiger charge is -2.07. The molecule has 4 heteroatoms. The van der Waals surface area contributed by atoms with Crippen molar-refractivity contribution in [1.29, 1.82) is 10.5 Å². The number of hydrogen-bond donors (Lipinski definition) is 0. The van der Waals surface area contributed by atoms with Crippen molar-refractivity contribution in [3.8, 4) is 17.9 Å². The molecule has 0 heterocycles. The standard InChI is InChI=1S/C11H8N2O2/c1-15-11-5-9(6-13)10(7-14)4-8(11)2-3-12/h4-5,7H,2H2,1H3. The number of methoxy groups -OCH3 is 1. The van der Waals surface area contributed by atoms with Crippen molar-refractivity contribution in [3.05, 3.63) is 28.8 Å². The predicted octanol–water partition coefficient (Wildman–Crippen LogP) is 1.45. The van der Waals surface area contributed by atoms with Crippen molar-refractivity contribution in [2.75, 3.05) is 7.11 Å². The largest absolute Gasteiger partial charge is 0.496 e. The van der Waals surface area contributed by atoms with Crippen LogP contribution in [0.3, 0.4) is 0 Å². The Balaban J connectivity index is 3.36. The zero-order valence-electron chi connectivity index (χ0n) is 8.15. The third kappa shape index (κ3) is 2.12. The van der Waals surface area contributed by atoms with E-state index in [9.17, 15) is 4.79 Å². The number of carbonyl (C=O) groups excluding carboxylic acids is 1. The molecule has 1 aromatic rings. The van der Waals surface area contributed by atoms with Crippen molar-refractivity contribution >= 4 is 6.29 Å². The van der Waals surface area contributed by atoms with Gasteiger partial charge in [0.15, 0.2) is 6.29 Å². The maximum absolute atomic E-state index is 10.7. The van der Waals surface area contributed by atoms with Crippen LogP contribution in [0.15, 0.2) is 12.1 Å². The molecular weight excluding hydrogens is 192 g/mol. The van der Waals surface area contributed by atoms with Gasteiger partial charge >= 0.3 is 0 Å². The monoisotopic (exact) mass is 200 g/mol. The molecule has 0 aliphatic carbocycles. The number of hydrogen-bond acceptors (Lipinski definition) is 4. The van der Waals surface area contributed by atoms with Crippen LogP contribution in [0.2, 0.25) is 0 Å². The number of nitrogens with zero attached hydrogens (tertiary/aromatic N) is 2. The van der Waals surface area contributed by atoms with Crippen LogP contribution in [0, 0.1) is 22.7 Å². The van der Waals surface area contributed by atoms with Gasteiger partial charge < -0.3 is 4.74 Å². The molecule has 0 bridgehead atoms. The van der Waals surface area contributed by atoms with Crippen molar-refractivity contribution in [3.63, 3.8) is 0 Å². The molecule has 0 spiro atoms. The highest BCUT2D eigenvalue weighted by atomic mass is 16.5. The highest BCUT2D eigenvalue weighted by Crippen LogP contribution is 2.22. The molecule has 0 N–H and O–H groups in total. The second-order valence-electron chi connectivity index (χ2n) is 2.82. The average Bonchev–Trinajstić information content (AvgIpc) is 2.28. The SMILES string of the molecule is COc1cc(C#N)c(C=O)cc1CC#N. The highest BCUT2D eigenvalue weighted by Gasteiger charge is 2.09. The maximum Gasteiger partial charge on any atom is 0.151 e. The molecular formula is C11H8N2O2. The van der Waals surface area contributed by atoms with E-state index in [0.29, 0.717) is 17.6 Å². The van der Waals surface area contributed by atoms with E-state index in [1.165, 1.54) is 19.2 Å². The molecule has 0 saturated heterocycles. The normalized spacial score (nSPS) is 8.73. The molecule has 0 aliphatic heterocycles. The lowest BCUT2D eigenvalue weighted by Crippen LogP contribution is -1.96. The third-order valence-corrected chi connectivity index (χ3v) is 1.97. The molecule has 4 nitrogen and oxygen atoms in total. The first-order valence-corrected chi connectivity index (χ1v) is 4.20. The Morgan fingerprint density at radius 2 is 2.20 bits per heavy atom. The number of benzene rings is 1. The highest BCUT2D eigenvalue weighted by molar-refractivity contribution is 5.80. The number of carbonyl (C=O) groups is 1. The van der Waals surface area contributed by atoms with E-state index in [2.05, 4.69) is 0 Å². The first-order chi connectivity index (χ1) is 7.26. The first kappa shape index (κ1) is 10.7. The molecule has 1 rings (SSSR count). The minimum atomic E-state index is 0.149. The van der Waals surface area contributed by atoms with Crippen molar-refractivity contribution in [1.82, 2.24) is 0 Å². The van der Waals surface area contributed by atoms with Gasteiger partial charge in [-0.15, -0.1) is 0 Å². The van der Waals surface area contributed by atoms with Gasteiger partial charge in [0.25, 0.3) is 0 Å². The number of nitriles is 2. The fraction of sp³-hybridized carbons (Fsp3) is 0.182. The summed E-state index contributed by atoms with van der Waals surface area (Å²) in [5.74, 6) is 0.457. The summed E-state index contributed by atoms with van der Waals surface area (Å²) in [5.41, 5.74) is 1.15. The van der Waals surface area contributed by atoms with E-state index in [-0.39, 0.29) is 17.5 Å². The summed E-state index contributed by atoms with van der Waals surface area (Å²) in [6, 6.07) is 6.84. The van der Waals surface area contributed by atoms with Crippen LogP contribution in [-0.2, 0) is 6.42 Å². The molecule has 0 saturated carbocycles. The minimum absolute atomic E-state index is 0.149. The molecule has 0 atom stereocenters. The van der Waals surface area contributed by atoms with Gasteiger partial charge in [-0.1, -0.05) is 0 Å². The molecule has 0 aromatic heterocycles. The quantitative estimate of drug-likeness (QED) is 0.692. The van der Waals surface area contributed by atoms with Crippen LogP contribution in [0.5, 0.6) is 5.75 Å². The van der Waals surface area contributed by atoms with E-state index in [1.807, 2.05) is 12.1 Å². The van der Waals surface area contributed by atoms with Crippen LogP contribution < -0.4 is 4.74 Å². The first-order valence-electron chi connectivity index (χ1n) is 4.20. The topological polar surface area (TPSA) is 73.9 Å². The second-order valence-corrected chi connectivity index (χ2v) is 2.82. The smallest absolute Gasteiger partial charge is 0.151 e. The summed E-state index contributed by atoms with van der Waals surface area (Å²) in [7, 11) is 1.46. The van der Waals surface area contributed by atoms with E-state index < -0.39 is 0 Å². The van der Waals surface area contributed by atoms with Crippen molar-refractivity contribution in [2.45, 2.75) is 6.42 Å². The predicted molar refractivity (Wildman–Crippen MR) is 52.4 cm³/mol. The van der Waals surface area contributed by atoms with Gasteiger partial charge in [-0.05, 0) is 12.1 Å². The summed E-state index contributed by atoms with van der Waals surface area (Å²) in [6.45, 7) is 0. The van der Waals surface area contributed by atoms with Crippen molar-refractivity contribution < 1.29 is 9.53 Å². The Bertz CT molecular complexity index is 467. The molecule has 0 amide bonds. The van der Waals surface area contributed by atoms with E-state index in [4.69, 9.17) is 15.3 Å². The molecule has 15 heavy (non-hydrogen) atoms. The summed E-state index contributed by atoms with van der Waals surface area (Å²) in [6.07, 6.45) is 0.745. The van der Waals surface area contributed by atoms with Gasteiger partial charge in [-0.25, -0.2) is 0 Å². The second kappa shape index (κ2) is 4.78. The van der Waals surface area contributed by atoms with E-state index in [0.717, 1.165) is 0 Å². The van der Waals surface area contributed by atoms with Gasteiger partial charge in [-0.2, -0.15) is 10.5 Å². The minimum Gasteiger partial charge on any atom is -0.496 e. The van der Waals surface area contributed by atoms with Crippen LogP contribution in [0.4, 0.5) is 0 Å². The van der Waals surface area contributed by atoms with Crippen molar-refractivity contribution in [2.24, 2.45) is 0 Å². The lowest BCUT2D eigenvalue weighted by molar-refractivity contribution is 0.112. The Morgan fingerprint density at radius 3 is 2.67 bits per heavy atom. The summed E-state index contributed by atoms with van der Waals surface area (Å²) in [5, 5.41) is 17.3. The fourth-order valence-electron chi connectivity index (χ4n) is 1.25. The van der Waals surface area contributed by atoms with Gasteiger partial charge in [0.1, 0.15) is 11.8 Å². The summed E-state index contributed by atoms with van der Waals surface area (Å²) >= 11 is 0. The van der Waals surface area contributed by atoms with Gasteiger partial charge in [-0.3, -0.25) is 4.79 Å². The van der Waals surface area contributed by atoms with Gasteiger partial charge in [0.05, 0.1) is 25.2 Å². The molecule has 74 valence electrons. The molecule has 0 unspecified atom stereocenters. The Labute approximate surface area is 87.3 Å². The summed E-state index contributed by atoms with van der Waals surface area (Å²) in [4.78, 5) is 10.7. The van der Waals surface area contributed by atoms with E-state index >= 15 is 0 Å². The number of ether oxygens (including phenoxy) is 1. The Kier molecular flexibility index (Phi) is 3.43. The van der Waals surface area contributed by atoms with Crippen LogP contribution in [0.25, 0.3) is 0 Å². The summed E-state index contributed by atoms with van der Waals surface area (Å²) < 4.78 is 5.02. The van der Waals surface area contributed by atoms with Crippen LogP contribution >= 0.6 is 0 Å². The van der Waals surface area contributed by atoms with Gasteiger partial charge in [0.2, 0.25) is 0 Å². The van der Waals surface area contributed by atoms with Crippen LogP contribution in [-0.4, -0.2) is 13.4 Å². The molecule has 1 aromatic carbocycles. The molecule has 0 radical (unpaired) electrons. The Hall–Kier alpha value is -2.33. The zero-order chi connectivity index (χ0) is 11.3. The zero-order valence-corrected chi connectivity index (χ0v) is 8.15. The lowest BCUT2D eigenvalue weighted by atomic mass is 10.0. The van der Waals surface area contributed by atoms with E-state index in [1.54, 1.807) is 0 Å². The van der Waals surface area contributed by atoms with Gasteiger partial charge in [0, 0.05) is 11.1 Å². The number of aldehydes is 1. The van der Waals surface area contributed by atoms with Crippen LogP contribution in [0.1, 0.15) is 21.5 Å².